The van der Waals surface area contributed by atoms with Gasteiger partial charge in [0.2, 0.25) is 0 Å². The molecule has 0 aliphatic carbocycles. The molecule has 18 heavy (non-hydrogen) atoms. The summed E-state index contributed by atoms with van der Waals surface area (Å²) in [5.41, 5.74) is 4.17. The normalized spacial score (nSPS) is 10.8. The van der Waals surface area contributed by atoms with Crippen molar-refractivity contribution < 1.29 is 4.79 Å². The molecule has 92 valence electrons. The number of carbonyl (C=O) groups is 1. The molecule has 1 amide bonds. The molecule has 5 heteroatoms. The Morgan fingerprint density at radius 2 is 2.00 bits per heavy atom. The highest BCUT2D eigenvalue weighted by Gasteiger charge is 2.02. The predicted octanol–water partition coefficient (Wildman–Crippen LogP) is 3.47. The Kier molecular flexibility index (Phi) is 4.12. The first kappa shape index (κ1) is 12.8. The molecule has 0 aliphatic rings. The molecule has 1 N–H and O–H groups in total. The van der Waals surface area contributed by atoms with Gasteiger partial charge in [0.15, 0.2) is 0 Å². The first-order valence-electron chi connectivity index (χ1n) is 5.30. The Labute approximate surface area is 114 Å². The average Bonchev–Trinajstić information content (AvgIpc) is 2.76. The number of rotatable bonds is 3. The quantitative estimate of drug-likeness (QED) is 0.678. The number of nitrogens with zero attached hydrogens (tertiary/aromatic N) is 1. The summed E-state index contributed by atoms with van der Waals surface area (Å²) in [5, 5.41) is 3.88. The zero-order valence-corrected chi connectivity index (χ0v) is 11.3. The van der Waals surface area contributed by atoms with Crippen LogP contribution in [-0.2, 0) is 0 Å². The lowest BCUT2D eigenvalue weighted by Crippen LogP contribution is -2.17. The molecule has 0 unspecified atom stereocenters. The largest absolute Gasteiger partial charge is 0.271 e. The van der Waals surface area contributed by atoms with Gasteiger partial charge >= 0.3 is 0 Å². The van der Waals surface area contributed by atoms with E-state index in [0.717, 1.165) is 10.4 Å². The molecule has 0 bridgehead atoms. The second-order valence-electron chi connectivity index (χ2n) is 3.71. The molecule has 0 spiro atoms. The fourth-order valence-corrected chi connectivity index (χ4v) is 2.25. The highest BCUT2D eigenvalue weighted by Crippen LogP contribution is 2.19. The number of hydrazone groups is 1. The lowest BCUT2D eigenvalue weighted by molar-refractivity contribution is 0.0955. The van der Waals surface area contributed by atoms with Gasteiger partial charge in [-0.2, -0.15) is 5.10 Å². The predicted molar refractivity (Wildman–Crippen MR) is 75.6 cm³/mol. The lowest BCUT2D eigenvalue weighted by Gasteiger charge is -1.99. The van der Waals surface area contributed by atoms with Crippen molar-refractivity contribution in [2.75, 3.05) is 0 Å². The Hall–Kier alpha value is -1.65. The van der Waals surface area contributed by atoms with Crippen molar-refractivity contribution >= 4 is 35.1 Å². The molecule has 3 nitrogen and oxygen atoms in total. The smallest absolute Gasteiger partial charge is 0.267 e. The molecule has 1 aromatic carbocycles. The van der Waals surface area contributed by atoms with Gasteiger partial charge in [-0.1, -0.05) is 29.3 Å². The van der Waals surface area contributed by atoms with Crippen molar-refractivity contribution in [1.29, 1.82) is 0 Å². The zero-order chi connectivity index (χ0) is 13.0. The summed E-state index contributed by atoms with van der Waals surface area (Å²) < 4.78 is 0.696. The second-order valence-corrected chi connectivity index (χ2v) is 5.45. The van der Waals surface area contributed by atoms with E-state index in [1.807, 2.05) is 25.1 Å². The van der Waals surface area contributed by atoms with Crippen molar-refractivity contribution in [1.82, 2.24) is 5.43 Å². The van der Waals surface area contributed by atoms with Crippen LogP contribution in [0, 0.1) is 6.92 Å². The SMILES string of the molecule is Cc1ccc(C(=O)N/N=C\c2ccc(Cl)s2)cc1. The van der Waals surface area contributed by atoms with Gasteiger partial charge in [-0.15, -0.1) is 11.3 Å². The Morgan fingerprint density at radius 3 is 2.61 bits per heavy atom. The van der Waals surface area contributed by atoms with Gasteiger partial charge in [0.25, 0.3) is 5.91 Å². The Bertz CT molecular complexity index is 575. The number of thiophene rings is 1. The number of carbonyl (C=O) groups excluding carboxylic acids is 1. The molecule has 2 rings (SSSR count). The minimum atomic E-state index is -0.228. The van der Waals surface area contributed by atoms with Crippen LogP contribution >= 0.6 is 22.9 Å². The van der Waals surface area contributed by atoms with Gasteiger partial charge in [-0.25, -0.2) is 5.43 Å². The highest BCUT2D eigenvalue weighted by molar-refractivity contribution is 7.17. The molecule has 1 heterocycles. The van der Waals surface area contributed by atoms with Crippen LogP contribution in [0.1, 0.15) is 20.8 Å². The molecule has 0 atom stereocenters. The minimum absolute atomic E-state index is 0.228. The number of amides is 1. The van der Waals surface area contributed by atoms with E-state index in [-0.39, 0.29) is 5.91 Å². The number of hydrogen-bond acceptors (Lipinski definition) is 3. The summed E-state index contributed by atoms with van der Waals surface area (Å²) in [6.07, 6.45) is 1.57. The van der Waals surface area contributed by atoms with E-state index in [9.17, 15) is 4.79 Å². The van der Waals surface area contributed by atoms with Gasteiger partial charge in [0.05, 0.1) is 10.6 Å². The summed E-state index contributed by atoms with van der Waals surface area (Å²) in [6, 6.07) is 10.9. The van der Waals surface area contributed by atoms with Crippen molar-refractivity contribution in [2.24, 2.45) is 5.10 Å². The van der Waals surface area contributed by atoms with Crippen LogP contribution in [0.3, 0.4) is 0 Å². The number of nitrogens with one attached hydrogen (secondary N) is 1. The molecular formula is C13H11ClN2OS. The van der Waals surface area contributed by atoms with Gasteiger partial charge in [-0.3, -0.25) is 4.79 Å². The van der Waals surface area contributed by atoms with E-state index in [2.05, 4.69) is 10.5 Å². The van der Waals surface area contributed by atoms with E-state index in [1.165, 1.54) is 11.3 Å². The van der Waals surface area contributed by atoms with Crippen molar-refractivity contribution in [3.8, 4) is 0 Å². The standard InChI is InChI=1S/C13H11ClN2OS/c1-9-2-4-10(5-3-9)13(17)16-15-8-11-6-7-12(14)18-11/h2-8H,1H3,(H,16,17)/b15-8-. The molecule has 0 fully saturated rings. The maximum Gasteiger partial charge on any atom is 0.271 e. The monoisotopic (exact) mass is 278 g/mol. The van der Waals surface area contributed by atoms with E-state index >= 15 is 0 Å². The Balaban J connectivity index is 1.96. The number of aryl methyl sites for hydroxylation is 1. The third kappa shape index (κ3) is 3.42. The van der Waals surface area contributed by atoms with E-state index in [1.54, 1.807) is 24.4 Å². The maximum absolute atomic E-state index is 11.7. The Morgan fingerprint density at radius 1 is 1.28 bits per heavy atom. The minimum Gasteiger partial charge on any atom is -0.267 e. The molecular weight excluding hydrogens is 268 g/mol. The summed E-state index contributed by atoms with van der Waals surface area (Å²) in [7, 11) is 0. The van der Waals surface area contributed by atoms with Crippen molar-refractivity contribution in [2.45, 2.75) is 6.92 Å². The fraction of sp³-hybridized carbons (Fsp3) is 0.0769. The van der Waals surface area contributed by atoms with Gasteiger partial charge in [-0.05, 0) is 31.2 Å². The third-order valence-corrected chi connectivity index (χ3v) is 3.43. The maximum atomic E-state index is 11.7. The number of benzene rings is 1. The fourth-order valence-electron chi connectivity index (χ4n) is 1.32. The summed E-state index contributed by atoms with van der Waals surface area (Å²) in [6.45, 7) is 1.97. The second kappa shape index (κ2) is 5.80. The third-order valence-electron chi connectivity index (χ3n) is 2.27. The van der Waals surface area contributed by atoms with E-state index < -0.39 is 0 Å². The first-order chi connectivity index (χ1) is 8.65. The first-order valence-corrected chi connectivity index (χ1v) is 6.50. The number of halogens is 1. The van der Waals surface area contributed by atoms with Crippen LogP contribution in [0.4, 0.5) is 0 Å². The molecule has 2 aromatic rings. The zero-order valence-electron chi connectivity index (χ0n) is 9.68. The van der Waals surface area contributed by atoms with Gasteiger partial charge in [0, 0.05) is 10.4 Å². The van der Waals surface area contributed by atoms with E-state index in [4.69, 9.17) is 11.6 Å². The molecule has 0 saturated carbocycles. The van der Waals surface area contributed by atoms with Crippen molar-refractivity contribution in [3.05, 3.63) is 56.7 Å². The van der Waals surface area contributed by atoms with Crippen LogP contribution < -0.4 is 5.43 Å². The highest BCUT2D eigenvalue weighted by atomic mass is 35.5. The number of hydrogen-bond donors (Lipinski definition) is 1. The molecule has 0 aliphatic heterocycles. The molecule has 0 radical (unpaired) electrons. The molecule has 0 saturated heterocycles. The van der Waals surface area contributed by atoms with Crippen LogP contribution in [-0.4, -0.2) is 12.1 Å². The van der Waals surface area contributed by atoms with Gasteiger partial charge in [0.1, 0.15) is 0 Å². The summed E-state index contributed by atoms with van der Waals surface area (Å²) in [5.74, 6) is -0.228. The topological polar surface area (TPSA) is 41.5 Å². The van der Waals surface area contributed by atoms with Gasteiger partial charge < -0.3 is 0 Å². The van der Waals surface area contributed by atoms with Crippen molar-refractivity contribution in [3.63, 3.8) is 0 Å². The molecule has 1 aromatic heterocycles. The summed E-state index contributed by atoms with van der Waals surface area (Å²) >= 11 is 7.18. The summed E-state index contributed by atoms with van der Waals surface area (Å²) in [4.78, 5) is 12.6. The van der Waals surface area contributed by atoms with Crippen LogP contribution in [0.15, 0.2) is 41.5 Å². The van der Waals surface area contributed by atoms with Crippen LogP contribution in [0.25, 0.3) is 0 Å². The average molecular weight is 279 g/mol. The lowest BCUT2D eigenvalue weighted by atomic mass is 10.1. The van der Waals surface area contributed by atoms with Crippen LogP contribution in [0.5, 0.6) is 0 Å². The van der Waals surface area contributed by atoms with Crippen LogP contribution in [0.2, 0.25) is 4.34 Å². The van der Waals surface area contributed by atoms with E-state index in [0.29, 0.717) is 9.90 Å².